The lowest BCUT2D eigenvalue weighted by atomic mass is 10.1. The summed E-state index contributed by atoms with van der Waals surface area (Å²) in [4.78, 5) is 3.90. The highest BCUT2D eigenvalue weighted by atomic mass is 35.5. The van der Waals surface area contributed by atoms with E-state index >= 15 is 0 Å². The second-order valence-electron chi connectivity index (χ2n) is 3.30. The van der Waals surface area contributed by atoms with Crippen molar-refractivity contribution in [1.29, 1.82) is 0 Å². The number of aromatic nitrogens is 1. The number of halogens is 3. The minimum absolute atomic E-state index is 0.0213. The van der Waals surface area contributed by atoms with Crippen LogP contribution in [0.5, 0.6) is 0 Å². The topological polar surface area (TPSA) is 26.0 Å². The number of rotatable bonds is 2. The zero-order chi connectivity index (χ0) is 11.7. The molecule has 0 N–H and O–H groups in total. The van der Waals surface area contributed by atoms with Crippen molar-refractivity contribution >= 4 is 11.6 Å². The molecule has 2 aromatic rings. The van der Waals surface area contributed by atoms with Crippen LogP contribution in [0.25, 0.3) is 11.3 Å². The van der Waals surface area contributed by atoms with Gasteiger partial charge in [-0.05, 0) is 18.5 Å². The van der Waals surface area contributed by atoms with Gasteiger partial charge in [-0.3, -0.25) is 0 Å². The molecule has 2 rings (SSSR count). The Balaban J connectivity index is 2.38. The Labute approximate surface area is 95.9 Å². The number of oxazole rings is 1. The molecule has 1 heterocycles. The average Bonchev–Trinajstić information content (AvgIpc) is 2.58. The Morgan fingerprint density at radius 3 is 2.31 bits per heavy atom. The maximum absolute atomic E-state index is 12.3. The maximum Gasteiger partial charge on any atom is 0.292 e. The normalized spacial score (nSPS) is 11.1. The van der Waals surface area contributed by atoms with E-state index in [0.29, 0.717) is 17.0 Å². The number of hydrogen-bond donors (Lipinski definition) is 0. The molecule has 0 aliphatic rings. The summed E-state index contributed by atoms with van der Waals surface area (Å²) in [6.07, 6.45) is -2.46. The molecule has 0 spiro atoms. The van der Waals surface area contributed by atoms with Crippen LogP contribution in [0, 0.1) is 6.92 Å². The van der Waals surface area contributed by atoms with E-state index < -0.39 is 6.43 Å². The van der Waals surface area contributed by atoms with Crippen LogP contribution < -0.4 is 0 Å². The largest absolute Gasteiger partial charge is 0.427 e. The summed E-state index contributed by atoms with van der Waals surface area (Å²) < 4.78 is 29.8. The smallest absolute Gasteiger partial charge is 0.292 e. The van der Waals surface area contributed by atoms with Gasteiger partial charge < -0.3 is 4.42 Å². The van der Waals surface area contributed by atoms with Crippen LogP contribution in [0.4, 0.5) is 8.78 Å². The molecule has 0 aliphatic heterocycles. The Morgan fingerprint density at radius 2 is 1.88 bits per heavy atom. The Kier molecular flexibility index (Phi) is 2.92. The Bertz CT molecular complexity index is 493. The molecule has 0 saturated heterocycles. The summed E-state index contributed by atoms with van der Waals surface area (Å²) in [7, 11) is 0. The van der Waals surface area contributed by atoms with Crippen LogP contribution in [-0.4, -0.2) is 4.98 Å². The molecule has 0 radical (unpaired) electrons. The van der Waals surface area contributed by atoms with Gasteiger partial charge in [0.05, 0.1) is 5.69 Å². The van der Waals surface area contributed by atoms with Gasteiger partial charge in [0.2, 0.25) is 0 Å². The fourth-order valence-electron chi connectivity index (χ4n) is 1.41. The monoisotopic (exact) mass is 243 g/mol. The number of aryl methyl sites for hydroxylation is 1. The molecule has 84 valence electrons. The van der Waals surface area contributed by atoms with Crippen LogP contribution >= 0.6 is 11.6 Å². The SMILES string of the molecule is Cc1nc(Cl)oc1-c1ccc(C(F)F)cc1. The lowest BCUT2D eigenvalue weighted by molar-refractivity contribution is 0.151. The van der Waals surface area contributed by atoms with Gasteiger partial charge in [-0.2, -0.15) is 0 Å². The average molecular weight is 244 g/mol. The quantitative estimate of drug-likeness (QED) is 0.788. The van der Waals surface area contributed by atoms with Gasteiger partial charge in [-0.1, -0.05) is 24.3 Å². The van der Waals surface area contributed by atoms with Crippen LogP contribution in [0.15, 0.2) is 28.7 Å². The third-order valence-corrected chi connectivity index (χ3v) is 2.36. The lowest BCUT2D eigenvalue weighted by Gasteiger charge is -2.01. The van der Waals surface area contributed by atoms with E-state index in [-0.39, 0.29) is 10.9 Å². The predicted octanol–water partition coefficient (Wildman–Crippen LogP) is 4.24. The second-order valence-corrected chi connectivity index (χ2v) is 3.63. The van der Waals surface area contributed by atoms with Crippen molar-refractivity contribution in [3.63, 3.8) is 0 Å². The number of alkyl halides is 2. The molecule has 0 atom stereocenters. The predicted molar refractivity (Wildman–Crippen MR) is 56.6 cm³/mol. The van der Waals surface area contributed by atoms with Gasteiger partial charge in [-0.15, -0.1) is 0 Å². The summed E-state index contributed by atoms with van der Waals surface area (Å²) in [5, 5.41) is 0.0467. The van der Waals surface area contributed by atoms with Crippen molar-refractivity contribution < 1.29 is 13.2 Å². The highest BCUT2D eigenvalue weighted by Crippen LogP contribution is 2.28. The highest BCUT2D eigenvalue weighted by Gasteiger charge is 2.12. The van der Waals surface area contributed by atoms with Gasteiger partial charge in [0, 0.05) is 11.1 Å². The van der Waals surface area contributed by atoms with Crippen molar-refractivity contribution in [2.24, 2.45) is 0 Å². The number of nitrogens with zero attached hydrogens (tertiary/aromatic N) is 1. The molecule has 2 nitrogen and oxygen atoms in total. The van der Waals surface area contributed by atoms with Crippen molar-refractivity contribution in [1.82, 2.24) is 4.98 Å². The van der Waals surface area contributed by atoms with Gasteiger partial charge in [-0.25, -0.2) is 13.8 Å². The van der Waals surface area contributed by atoms with Gasteiger partial charge in [0.15, 0.2) is 5.76 Å². The molecule has 16 heavy (non-hydrogen) atoms. The molecule has 1 aromatic heterocycles. The molecule has 0 unspecified atom stereocenters. The van der Waals surface area contributed by atoms with E-state index in [0.717, 1.165) is 0 Å². The summed E-state index contributed by atoms with van der Waals surface area (Å²) in [5.74, 6) is 0.505. The Hall–Kier alpha value is -1.42. The lowest BCUT2D eigenvalue weighted by Crippen LogP contribution is -1.84. The van der Waals surface area contributed by atoms with Crippen molar-refractivity contribution in [3.8, 4) is 11.3 Å². The summed E-state index contributed by atoms with van der Waals surface area (Å²) in [6.45, 7) is 1.74. The standard InChI is InChI=1S/C11H8ClF2NO/c1-6-9(16-11(12)15-6)7-2-4-8(5-3-7)10(13)14/h2-5,10H,1H3. The van der Waals surface area contributed by atoms with Crippen molar-refractivity contribution in [2.45, 2.75) is 13.3 Å². The minimum Gasteiger partial charge on any atom is -0.427 e. The molecular weight excluding hydrogens is 236 g/mol. The van der Waals surface area contributed by atoms with E-state index in [1.807, 2.05) is 0 Å². The molecule has 0 bridgehead atoms. The number of hydrogen-bond acceptors (Lipinski definition) is 2. The van der Waals surface area contributed by atoms with E-state index in [4.69, 9.17) is 16.0 Å². The van der Waals surface area contributed by atoms with Crippen LogP contribution in [0.2, 0.25) is 5.35 Å². The molecular formula is C11H8ClF2NO. The van der Waals surface area contributed by atoms with Crippen molar-refractivity contribution in [2.75, 3.05) is 0 Å². The first-order chi connectivity index (χ1) is 7.58. The first kappa shape index (κ1) is 11.1. The zero-order valence-corrected chi connectivity index (χ0v) is 9.13. The van der Waals surface area contributed by atoms with Crippen molar-refractivity contribution in [3.05, 3.63) is 40.9 Å². The fraction of sp³-hybridized carbons (Fsp3) is 0.182. The fourth-order valence-corrected chi connectivity index (χ4v) is 1.62. The van der Waals surface area contributed by atoms with Gasteiger partial charge in [0.25, 0.3) is 11.8 Å². The molecule has 0 aliphatic carbocycles. The number of benzene rings is 1. The molecule has 0 fully saturated rings. The van der Waals surface area contributed by atoms with E-state index in [2.05, 4.69) is 4.98 Å². The maximum atomic E-state index is 12.3. The van der Waals surface area contributed by atoms with Gasteiger partial charge >= 0.3 is 0 Å². The first-order valence-corrected chi connectivity index (χ1v) is 4.97. The highest BCUT2D eigenvalue weighted by molar-refractivity contribution is 6.27. The van der Waals surface area contributed by atoms with Gasteiger partial charge in [0.1, 0.15) is 0 Å². The van der Waals surface area contributed by atoms with Crippen LogP contribution in [0.3, 0.4) is 0 Å². The molecule has 0 saturated carbocycles. The third kappa shape index (κ3) is 2.07. The molecule has 0 amide bonds. The summed E-state index contributed by atoms with van der Waals surface area (Å²) >= 11 is 5.60. The van der Waals surface area contributed by atoms with Crippen LogP contribution in [0.1, 0.15) is 17.7 Å². The minimum atomic E-state index is -2.46. The van der Waals surface area contributed by atoms with E-state index in [1.54, 1.807) is 19.1 Å². The molecule has 5 heteroatoms. The third-order valence-electron chi connectivity index (χ3n) is 2.20. The summed E-state index contributed by atoms with van der Waals surface area (Å²) in [6, 6.07) is 5.84. The summed E-state index contributed by atoms with van der Waals surface area (Å²) in [5.41, 5.74) is 1.29. The van der Waals surface area contributed by atoms with E-state index in [1.165, 1.54) is 12.1 Å². The Morgan fingerprint density at radius 1 is 1.25 bits per heavy atom. The van der Waals surface area contributed by atoms with Crippen LogP contribution in [-0.2, 0) is 0 Å². The van der Waals surface area contributed by atoms with E-state index in [9.17, 15) is 8.78 Å². The second kappa shape index (κ2) is 4.22. The zero-order valence-electron chi connectivity index (χ0n) is 8.38. The first-order valence-electron chi connectivity index (χ1n) is 4.59. The molecule has 1 aromatic carbocycles.